The molecule has 1 aromatic heterocycles. The normalized spacial score (nSPS) is 22.0. The Balaban J connectivity index is 1.92. The zero-order chi connectivity index (χ0) is 19.8. The lowest BCUT2D eigenvalue weighted by atomic mass is 9.72. The Bertz CT molecular complexity index is 842. The fourth-order valence-corrected chi connectivity index (χ4v) is 4.29. The number of aromatic nitrogens is 1. The van der Waals surface area contributed by atoms with Crippen LogP contribution in [-0.4, -0.2) is 16.1 Å². The highest BCUT2D eigenvalue weighted by atomic mass is 19.4. The summed E-state index contributed by atoms with van der Waals surface area (Å²) in [4.78, 5) is 15.3. The number of halogens is 4. The minimum absolute atomic E-state index is 0.0269. The molecule has 1 atom stereocenters. The van der Waals surface area contributed by atoms with E-state index >= 15 is 0 Å². The second-order valence-corrected chi connectivity index (χ2v) is 7.22. The number of rotatable bonds is 4. The van der Waals surface area contributed by atoms with Gasteiger partial charge in [-0.2, -0.15) is 13.2 Å². The van der Waals surface area contributed by atoms with Gasteiger partial charge in [0.25, 0.3) is 0 Å². The van der Waals surface area contributed by atoms with E-state index in [0.29, 0.717) is 43.7 Å². The van der Waals surface area contributed by atoms with Crippen molar-refractivity contribution in [3.63, 3.8) is 0 Å². The van der Waals surface area contributed by atoms with Gasteiger partial charge in [0, 0.05) is 11.6 Å². The van der Waals surface area contributed by atoms with E-state index in [0.717, 1.165) is 6.07 Å². The average Bonchev–Trinajstić information content (AvgIpc) is 2.61. The van der Waals surface area contributed by atoms with E-state index in [1.165, 1.54) is 6.20 Å². The average molecular weight is 383 g/mol. The van der Waals surface area contributed by atoms with E-state index in [9.17, 15) is 27.5 Å². The molecular weight excluding hydrogens is 362 g/mol. The molecule has 7 heteroatoms. The van der Waals surface area contributed by atoms with Crippen molar-refractivity contribution in [3.8, 4) is 0 Å². The van der Waals surface area contributed by atoms with Crippen LogP contribution in [0.3, 0.4) is 0 Å². The zero-order valence-electron chi connectivity index (χ0n) is 14.9. The van der Waals surface area contributed by atoms with Gasteiger partial charge in [-0.15, -0.1) is 0 Å². The van der Waals surface area contributed by atoms with Gasteiger partial charge in [0.1, 0.15) is 11.3 Å². The van der Waals surface area contributed by atoms with Crippen LogP contribution in [0.25, 0.3) is 10.9 Å². The smallest absolute Gasteiger partial charge is 0.416 e. The summed E-state index contributed by atoms with van der Waals surface area (Å²) in [5.41, 5.74) is -0.418. The maximum atomic E-state index is 14.2. The fourth-order valence-electron chi connectivity index (χ4n) is 4.29. The lowest BCUT2D eigenvalue weighted by Crippen LogP contribution is -2.26. The Hall–Kier alpha value is -2.18. The van der Waals surface area contributed by atoms with Crippen LogP contribution in [-0.2, 0) is 11.0 Å². The van der Waals surface area contributed by atoms with Gasteiger partial charge in [-0.25, -0.2) is 4.39 Å². The summed E-state index contributed by atoms with van der Waals surface area (Å²) in [7, 11) is 0. The van der Waals surface area contributed by atoms with Crippen molar-refractivity contribution < 1.29 is 27.5 Å². The molecule has 1 aliphatic rings. The third-order valence-corrected chi connectivity index (χ3v) is 5.70. The molecule has 1 aromatic carbocycles. The first kappa shape index (κ1) is 19.6. The maximum absolute atomic E-state index is 14.2. The quantitative estimate of drug-likeness (QED) is 0.681. The topological polar surface area (TPSA) is 50.2 Å². The summed E-state index contributed by atoms with van der Waals surface area (Å²) in [5, 5.41) is 9.52. The maximum Gasteiger partial charge on any atom is 0.416 e. The van der Waals surface area contributed by atoms with Crippen molar-refractivity contribution in [2.24, 2.45) is 11.8 Å². The number of alkyl halides is 3. The number of aliphatic carboxylic acids is 1. The molecule has 2 aromatic rings. The first-order valence-electron chi connectivity index (χ1n) is 9.10. The molecule has 0 amide bonds. The third-order valence-electron chi connectivity index (χ3n) is 5.70. The van der Waals surface area contributed by atoms with Gasteiger partial charge in [0.15, 0.2) is 0 Å². The van der Waals surface area contributed by atoms with Gasteiger partial charge in [-0.3, -0.25) is 9.78 Å². The summed E-state index contributed by atoms with van der Waals surface area (Å²) >= 11 is 0. The van der Waals surface area contributed by atoms with Crippen LogP contribution in [0.1, 0.15) is 56.1 Å². The minimum Gasteiger partial charge on any atom is -0.481 e. The number of carboxylic acid groups (broad SMARTS) is 1. The van der Waals surface area contributed by atoms with E-state index in [-0.39, 0.29) is 22.7 Å². The Morgan fingerprint density at radius 1 is 1.26 bits per heavy atom. The molecule has 1 heterocycles. The molecule has 146 valence electrons. The highest BCUT2D eigenvalue weighted by molar-refractivity contribution is 5.84. The number of nitrogens with zero attached hydrogens (tertiary/aromatic N) is 1. The Morgan fingerprint density at radius 3 is 2.48 bits per heavy atom. The number of carbonyl (C=O) groups is 1. The predicted molar refractivity (Wildman–Crippen MR) is 92.8 cm³/mol. The van der Waals surface area contributed by atoms with Crippen molar-refractivity contribution in [3.05, 3.63) is 41.3 Å². The minimum atomic E-state index is -4.63. The summed E-state index contributed by atoms with van der Waals surface area (Å²) in [6.07, 6.45) is 0.0865. The van der Waals surface area contributed by atoms with Crippen molar-refractivity contribution in [2.75, 3.05) is 0 Å². The van der Waals surface area contributed by atoms with Gasteiger partial charge >= 0.3 is 12.1 Å². The molecular formula is C20H21F4NO2. The van der Waals surface area contributed by atoms with Crippen LogP contribution in [0.4, 0.5) is 17.6 Å². The van der Waals surface area contributed by atoms with Crippen LogP contribution >= 0.6 is 0 Å². The van der Waals surface area contributed by atoms with Crippen LogP contribution < -0.4 is 0 Å². The van der Waals surface area contributed by atoms with Crippen molar-refractivity contribution in [1.29, 1.82) is 0 Å². The first-order valence-corrected chi connectivity index (χ1v) is 9.10. The number of pyridine rings is 1. The number of carboxylic acids is 1. The van der Waals surface area contributed by atoms with Gasteiger partial charge in [-0.05, 0) is 67.7 Å². The Kier molecular flexibility index (Phi) is 5.40. The largest absolute Gasteiger partial charge is 0.481 e. The Labute approximate surface area is 154 Å². The molecule has 1 unspecified atom stereocenters. The molecule has 0 radical (unpaired) electrons. The van der Waals surface area contributed by atoms with E-state index in [2.05, 4.69) is 4.98 Å². The summed E-state index contributed by atoms with van der Waals surface area (Å²) in [6.45, 7) is 1.85. The van der Waals surface area contributed by atoms with Crippen LogP contribution in [0.2, 0.25) is 0 Å². The van der Waals surface area contributed by atoms with Crippen molar-refractivity contribution >= 4 is 16.9 Å². The highest BCUT2D eigenvalue weighted by Gasteiger charge is 2.34. The number of hydrogen-bond donors (Lipinski definition) is 1. The second kappa shape index (κ2) is 7.44. The molecule has 3 nitrogen and oxygen atoms in total. The lowest BCUT2D eigenvalue weighted by molar-refractivity contribution is -0.144. The monoisotopic (exact) mass is 383 g/mol. The van der Waals surface area contributed by atoms with E-state index in [1.807, 2.05) is 6.92 Å². The third kappa shape index (κ3) is 3.92. The molecule has 0 aliphatic heterocycles. The zero-order valence-corrected chi connectivity index (χ0v) is 14.9. The van der Waals surface area contributed by atoms with Gasteiger partial charge in [0.2, 0.25) is 0 Å². The van der Waals surface area contributed by atoms with E-state index in [4.69, 9.17) is 0 Å². The van der Waals surface area contributed by atoms with E-state index < -0.39 is 29.4 Å². The SMILES string of the molecule is CCC(C(=O)O)C1CCC(c2ccnc3c(F)cc(C(F)(F)F)cc23)CC1. The molecule has 0 bridgehead atoms. The molecule has 3 rings (SSSR count). The predicted octanol–water partition coefficient (Wildman–Crippen LogP) is 5.78. The summed E-state index contributed by atoms with van der Waals surface area (Å²) < 4.78 is 53.4. The van der Waals surface area contributed by atoms with Crippen LogP contribution in [0, 0.1) is 17.7 Å². The summed E-state index contributed by atoms with van der Waals surface area (Å²) in [6, 6.07) is 3.11. The molecule has 1 aliphatic carbocycles. The molecule has 1 saturated carbocycles. The van der Waals surface area contributed by atoms with Crippen molar-refractivity contribution in [1.82, 2.24) is 4.98 Å². The molecule has 0 spiro atoms. The number of benzene rings is 1. The standard InChI is InChI=1S/C20H21F4NO2/c1-2-14(19(26)27)11-3-5-12(6-4-11)15-7-8-25-18-16(15)9-13(10-17(18)21)20(22,23)24/h7-12,14H,2-6H2,1H3,(H,26,27). The van der Waals surface area contributed by atoms with Gasteiger partial charge in [-0.1, -0.05) is 6.92 Å². The van der Waals surface area contributed by atoms with Crippen LogP contribution in [0.15, 0.2) is 24.4 Å². The Morgan fingerprint density at radius 2 is 1.93 bits per heavy atom. The highest BCUT2D eigenvalue weighted by Crippen LogP contribution is 2.42. The molecule has 0 saturated heterocycles. The number of fused-ring (bicyclic) bond motifs is 1. The first-order chi connectivity index (χ1) is 12.7. The molecule has 27 heavy (non-hydrogen) atoms. The lowest BCUT2D eigenvalue weighted by Gasteiger charge is -2.32. The number of hydrogen-bond acceptors (Lipinski definition) is 2. The molecule has 1 N–H and O–H groups in total. The van der Waals surface area contributed by atoms with E-state index in [1.54, 1.807) is 6.07 Å². The van der Waals surface area contributed by atoms with Crippen molar-refractivity contribution in [2.45, 2.75) is 51.1 Å². The van der Waals surface area contributed by atoms with Gasteiger partial charge < -0.3 is 5.11 Å². The molecule has 1 fully saturated rings. The fraction of sp³-hybridized carbons (Fsp3) is 0.500. The van der Waals surface area contributed by atoms with Crippen LogP contribution in [0.5, 0.6) is 0 Å². The van der Waals surface area contributed by atoms with Gasteiger partial charge in [0.05, 0.1) is 11.5 Å². The summed E-state index contributed by atoms with van der Waals surface area (Å²) in [5.74, 6) is -2.13. The second-order valence-electron chi connectivity index (χ2n) is 7.22.